The van der Waals surface area contributed by atoms with Gasteiger partial charge in [0, 0.05) is 19.2 Å². The van der Waals surface area contributed by atoms with Crippen molar-refractivity contribution < 1.29 is 21.8 Å². The zero-order valence-electron chi connectivity index (χ0n) is 9.52. The summed E-state index contributed by atoms with van der Waals surface area (Å²) in [5.74, 6) is 3.25. The van der Waals surface area contributed by atoms with Crippen LogP contribution in [0.25, 0.3) is 0 Å². The van der Waals surface area contributed by atoms with Crippen molar-refractivity contribution >= 4 is 17.7 Å². The average Bonchev–Trinajstić information content (AvgIpc) is 2.83. The summed E-state index contributed by atoms with van der Waals surface area (Å²) < 4.78 is 4.01. The lowest BCUT2D eigenvalue weighted by atomic mass is 10.5. The molecule has 1 fully saturated rings. The van der Waals surface area contributed by atoms with E-state index in [4.69, 9.17) is 0 Å². The molecule has 0 radical (unpaired) electrons. The van der Waals surface area contributed by atoms with E-state index in [0.717, 1.165) is 24.0 Å². The number of aryl methyl sites for hydroxylation is 1. The Morgan fingerprint density at radius 3 is 2.88 bits per heavy atom. The minimum atomic E-state index is 0. The van der Waals surface area contributed by atoms with Crippen LogP contribution in [-0.2, 0) is 18.4 Å². The number of carbonyl (C=O) groups is 1. The predicted molar refractivity (Wildman–Crippen MR) is 59.4 cm³/mol. The second-order valence-corrected chi connectivity index (χ2v) is 4.85. The molecular weight excluding hydrogens is 246 g/mol. The molecule has 0 saturated carbocycles. The van der Waals surface area contributed by atoms with Gasteiger partial charge in [0.25, 0.3) is 11.7 Å². The maximum atomic E-state index is 11.9. The molecule has 1 aliphatic rings. The first-order chi connectivity index (χ1) is 7.18. The number of hydrogen-bond donors (Lipinski definition) is 0. The van der Waals surface area contributed by atoms with Gasteiger partial charge in [-0.15, -0.1) is 11.8 Å². The third-order valence-corrected chi connectivity index (χ3v) is 3.77. The fourth-order valence-electron chi connectivity index (χ4n) is 1.62. The van der Waals surface area contributed by atoms with Crippen LogP contribution in [0.1, 0.15) is 5.82 Å². The molecule has 0 aliphatic carbocycles. The summed E-state index contributed by atoms with van der Waals surface area (Å²) >= 11 is 1.82. The van der Waals surface area contributed by atoms with Gasteiger partial charge in [0.05, 0.1) is 12.9 Å². The van der Waals surface area contributed by atoms with Crippen molar-refractivity contribution in [3.05, 3.63) is 18.2 Å². The number of thioether (sulfide) groups is 1. The Morgan fingerprint density at radius 2 is 2.38 bits per heavy atom. The molecule has 16 heavy (non-hydrogen) atoms. The third-order valence-electron chi connectivity index (χ3n) is 2.81. The first kappa shape index (κ1) is 13.4. The molecule has 1 aromatic heterocycles. The van der Waals surface area contributed by atoms with E-state index < -0.39 is 0 Å². The molecule has 4 nitrogen and oxygen atoms in total. The topological polar surface area (TPSA) is 29.1 Å². The molecule has 2 heterocycles. The van der Waals surface area contributed by atoms with Crippen molar-refractivity contribution in [2.24, 2.45) is 7.05 Å². The fourth-order valence-corrected chi connectivity index (χ4v) is 2.59. The van der Waals surface area contributed by atoms with Crippen LogP contribution in [0.2, 0.25) is 0 Å². The number of rotatable bonds is 2. The highest BCUT2D eigenvalue weighted by Gasteiger charge is 2.21. The van der Waals surface area contributed by atoms with Gasteiger partial charge >= 0.3 is 0 Å². The standard InChI is InChI=1S/C10H16N3OS.ClH/c1-9-11(2)3-4-12(9)7-10(14)13-5-6-15-8-13;/h3-4H,5-8H2,1-2H3;1H/q+1;/p-1. The molecule has 2 rings (SSSR count). The number of imidazole rings is 1. The highest BCUT2D eigenvalue weighted by molar-refractivity contribution is 7.99. The summed E-state index contributed by atoms with van der Waals surface area (Å²) in [4.78, 5) is 13.8. The average molecular weight is 262 g/mol. The van der Waals surface area contributed by atoms with Crippen molar-refractivity contribution in [2.75, 3.05) is 18.2 Å². The van der Waals surface area contributed by atoms with Crippen LogP contribution < -0.4 is 17.0 Å². The van der Waals surface area contributed by atoms with Crippen LogP contribution in [-0.4, -0.2) is 33.5 Å². The van der Waals surface area contributed by atoms with Gasteiger partial charge < -0.3 is 17.3 Å². The summed E-state index contributed by atoms with van der Waals surface area (Å²) in [5.41, 5.74) is 0. The lowest BCUT2D eigenvalue weighted by Crippen LogP contribution is -3.00. The molecule has 0 atom stereocenters. The Labute approximate surface area is 106 Å². The van der Waals surface area contributed by atoms with E-state index in [1.54, 1.807) is 0 Å². The number of hydrogen-bond acceptors (Lipinski definition) is 2. The van der Waals surface area contributed by atoms with Gasteiger partial charge in [0.15, 0.2) is 6.54 Å². The molecule has 0 N–H and O–H groups in total. The van der Waals surface area contributed by atoms with Gasteiger partial charge in [0.1, 0.15) is 12.4 Å². The second-order valence-electron chi connectivity index (χ2n) is 3.78. The van der Waals surface area contributed by atoms with E-state index in [1.807, 2.05) is 52.2 Å². The van der Waals surface area contributed by atoms with E-state index in [2.05, 4.69) is 0 Å². The van der Waals surface area contributed by atoms with Crippen LogP contribution in [0.15, 0.2) is 12.4 Å². The van der Waals surface area contributed by atoms with Crippen molar-refractivity contribution in [3.8, 4) is 0 Å². The number of carbonyl (C=O) groups excluding carboxylic acids is 1. The molecule has 0 bridgehead atoms. The second kappa shape index (κ2) is 5.59. The Balaban J connectivity index is 0.00000128. The van der Waals surface area contributed by atoms with Gasteiger partial charge in [-0.25, -0.2) is 9.13 Å². The van der Waals surface area contributed by atoms with Crippen molar-refractivity contribution in [1.82, 2.24) is 9.47 Å². The van der Waals surface area contributed by atoms with Gasteiger partial charge in [-0.1, -0.05) is 0 Å². The quantitative estimate of drug-likeness (QED) is 0.537. The Morgan fingerprint density at radius 1 is 1.62 bits per heavy atom. The molecular formula is C10H16ClN3OS. The normalized spacial score (nSPS) is 15.0. The minimum Gasteiger partial charge on any atom is -1.00 e. The van der Waals surface area contributed by atoms with Gasteiger partial charge in [-0.2, -0.15) is 0 Å². The lowest BCUT2D eigenvalue weighted by Gasteiger charge is -2.12. The molecule has 1 aromatic rings. The largest absolute Gasteiger partial charge is 1.00 e. The third kappa shape index (κ3) is 2.71. The number of nitrogens with zero attached hydrogens (tertiary/aromatic N) is 3. The summed E-state index contributed by atoms with van der Waals surface area (Å²) in [6.45, 7) is 3.38. The van der Waals surface area contributed by atoms with Crippen molar-refractivity contribution in [2.45, 2.75) is 13.5 Å². The zero-order chi connectivity index (χ0) is 10.8. The molecule has 0 unspecified atom stereocenters. The van der Waals surface area contributed by atoms with Gasteiger partial charge in [-0.3, -0.25) is 4.79 Å². The fraction of sp³-hybridized carbons (Fsp3) is 0.600. The van der Waals surface area contributed by atoms with E-state index in [0.29, 0.717) is 6.54 Å². The zero-order valence-corrected chi connectivity index (χ0v) is 11.1. The first-order valence-corrected chi connectivity index (χ1v) is 6.21. The van der Waals surface area contributed by atoms with E-state index in [-0.39, 0.29) is 18.3 Å². The maximum absolute atomic E-state index is 11.9. The molecule has 1 saturated heterocycles. The highest BCUT2D eigenvalue weighted by Crippen LogP contribution is 2.13. The van der Waals surface area contributed by atoms with E-state index in [9.17, 15) is 4.79 Å². The Kier molecular flexibility index (Phi) is 4.68. The minimum absolute atomic E-state index is 0. The van der Waals surface area contributed by atoms with Crippen LogP contribution in [0.4, 0.5) is 0 Å². The highest BCUT2D eigenvalue weighted by atomic mass is 35.5. The lowest BCUT2D eigenvalue weighted by molar-refractivity contribution is -0.677. The summed E-state index contributed by atoms with van der Waals surface area (Å²) in [6, 6.07) is 0. The molecule has 1 amide bonds. The van der Waals surface area contributed by atoms with Crippen LogP contribution >= 0.6 is 11.8 Å². The Hall–Kier alpha value is -0.680. The summed E-state index contributed by atoms with van der Waals surface area (Å²) in [7, 11) is 1.99. The molecule has 90 valence electrons. The molecule has 0 spiro atoms. The van der Waals surface area contributed by atoms with E-state index >= 15 is 0 Å². The predicted octanol–water partition coefficient (Wildman–Crippen LogP) is -2.84. The van der Waals surface area contributed by atoms with Gasteiger partial charge in [0.2, 0.25) is 0 Å². The van der Waals surface area contributed by atoms with Crippen molar-refractivity contribution in [1.29, 1.82) is 0 Å². The maximum Gasteiger partial charge on any atom is 0.265 e. The summed E-state index contributed by atoms with van der Waals surface area (Å²) in [5, 5.41) is 0. The SMILES string of the molecule is Cc1n(CC(=O)N2CCSC2)cc[n+]1C.[Cl-]. The summed E-state index contributed by atoms with van der Waals surface area (Å²) in [6.07, 6.45) is 3.93. The first-order valence-electron chi connectivity index (χ1n) is 5.05. The number of amides is 1. The Bertz CT molecular complexity index is 374. The monoisotopic (exact) mass is 261 g/mol. The van der Waals surface area contributed by atoms with Crippen molar-refractivity contribution in [3.63, 3.8) is 0 Å². The van der Waals surface area contributed by atoms with Crippen LogP contribution in [0, 0.1) is 6.92 Å². The van der Waals surface area contributed by atoms with E-state index in [1.165, 1.54) is 0 Å². The van der Waals surface area contributed by atoms with Gasteiger partial charge in [-0.05, 0) is 0 Å². The number of aromatic nitrogens is 2. The van der Waals surface area contributed by atoms with Crippen LogP contribution in [0.3, 0.4) is 0 Å². The smallest absolute Gasteiger partial charge is 0.265 e. The molecule has 0 aromatic carbocycles. The number of halogens is 1. The molecule has 1 aliphatic heterocycles. The molecule has 6 heteroatoms. The van der Waals surface area contributed by atoms with Crippen LogP contribution in [0.5, 0.6) is 0 Å².